The van der Waals surface area contributed by atoms with Crippen LogP contribution in [0.4, 0.5) is 0 Å². The van der Waals surface area contributed by atoms with E-state index in [1.54, 1.807) is 6.92 Å². The van der Waals surface area contributed by atoms with E-state index in [0.717, 1.165) is 19.3 Å². The fourth-order valence-corrected chi connectivity index (χ4v) is 3.30. The van der Waals surface area contributed by atoms with E-state index in [-0.39, 0.29) is 24.0 Å². The van der Waals surface area contributed by atoms with Crippen molar-refractivity contribution >= 4 is 11.9 Å². The number of cyclic esters (lactones) is 1. The van der Waals surface area contributed by atoms with Gasteiger partial charge < -0.3 is 9.47 Å². The molecule has 0 N–H and O–H groups in total. The predicted molar refractivity (Wildman–Crippen MR) is 91.1 cm³/mol. The van der Waals surface area contributed by atoms with Crippen LogP contribution in [0, 0.1) is 5.92 Å². The minimum Gasteiger partial charge on any atom is -0.458 e. The molecule has 0 amide bonds. The number of rotatable bonds is 12. The van der Waals surface area contributed by atoms with Crippen LogP contribution in [0.1, 0.15) is 91.4 Å². The lowest BCUT2D eigenvalue weighted by Crippen LogP contribution is -2.30. The third-order valence-electron chi connectivity index (χ3n) is 4.63. The predicted octanol–water partition coefficient (Wildman–Crippen LogP) is 4.79. The Hall–Kier alpha value is -1.06. The van der Waals surface area contributed by atoms with E-state index in [0.29, 0.717) is 0 Å². The second-order valence-electron chi connectivity index (χ2n) is 6.79. The molecule has 0 aromatic heterocycles. The van der Waals surface area contributed by atoms with Crippen molar-refractivity contribution in [1.29, 1.82) is 0 Å². The van der Waals surface area contributed by atoms with Crippen LogP contribution < -0.4 is 0 Å². The molecule has 0 saturated carbocycles. The summed E-state index contributed by atoms with van der Waals surface area (Å²) in [6, 6.07) is 0. The van der Waals surface area contributed by atoms with Crippen molar-refractivity contribution in [2.75, 3.05) is 0 Å². The average molecular weight is 326 g/mol. The van der Waals surface area contributed by atoms with E-state index in [9.17, 15) is 9.59 Å². The van der Waals surface area contributed by atoms with Crippen LogP contribution in [0.15, 0.2) is 0 Å². The van der Waals surface area contributed by atoms with Gasteiger partial charge in [0.2, 0.25) is 0 Å². The molecule has 1 saturated heterocycles. The van der Waals surface area contributed by atoms with Gasteiger partial charge in [-0.05, 0) is 13.3 Å². The standard InChI is InChI=1S/C19H34O4/c1-4-5-6-7-8-9-10-11-12-13-14-17-18(23-16(3)20)15(2)22-19(17)21/h15,17-18H,4-14H2,1-3H3/t15-,17?,18-/m0/s1. The molecule has 0 bridgehead atoms. The van der Waals surface area contributed by atoms with Crippen LogP contribution in [-0.2, 0) is 19.1 Å². The fraction of sp³-hybridized carbons (Fsp3) is 0.895. The van der Waals surface area contributed by atoms with Gasteiger partial charge in [-0.2, -0.15) is 0 Å². The molecule has 1 fully saturated rings. The Balaban J connectivity index is 2.09. The highest BCUT2D eigenvalue weighted by Crippen LogP contribution is 2.29. The number of ether oxygens (including phenoxy) is 2. The van der Waals surface area contributed by atoms with Gasteiger partial charge in [-0.25, -0.2) is 0 Å². The summed E-state index contributed by atoms with van der Waals surface area (Å²) in [5.74, 6) is -0.823. The molecule has 134 valence electrons. The number of carbonyl (C=O) groups is 2. The fourth-order valence-electron chi connectivity index (χ4n) is 3.30. The van der Waals surface area contributed by atoms with Gasteiger partial charge in [0.15, 0.2) is 6.10 Å². The van der Waals surface area contributed by atoms with Crippen LogP contribution in [0.2, 0.25) is 0 Å². The summed E-state index contributed by atoms with van der Waals surface area (Å²) in [7, 11) is 0. The molecule has 3 atom stereocenters. The van der Waals surface area contributed by atoms with Gasteiger partial charge >= 0.3 is 11.9 Å². The minimum absolute atomic E-state index is 0.209. The van der Waals surface area contributed by atoms with Crippen molar-refractivity contribution < 1.29 is 19.1 Å². The van der Waals surface area contributed by atoms with E-state index >= 15 is 0 Å². The summed E-state index contributed by atoms with van der Waals surface area (Å²) in [5, 5.41) is 0. The smallest absolute Gasteiger partial charge is 0.313 e. The van der Waals surface area contributed by atoms with E-state index in [2.05, 4.69) is 6.92 Å². The van der Waals surface area contributed by atoms with Crippen LogP contribution in [-0.4, -0.2) is 24.1 Å². The summed E-state index contributed by atoms with van der Waals surface area (Å²) in [4.78, 5) is 23.0. The maximum absolute atomic E-state index is 11.9. The second-order valence-corrected chi connectivity index (χ2v) is 6.79. The maximum Gasteiger partial charge on any atom is 0.313 e. The molecule has 0 aromatic rings. The molecular weight excluding hydrogens is 292 g/mol. The monoisotopic (exact) mass is 326 g/mol. The lowest BCUT2D eigenvalue weighted by molar-refractivity contribution is -0.150. The summed E-state index contributed by atoms with van der Waals surface area (Å²) in [6.07, 6.45) is 12.8. The quantitative estimate of drug-likeness (QED) is 0.382. The highest BCUT2D eigenvalue weighted by Gasteiger charge is 2.44. The number of hydrogen-bond donors (Lipinski definition) is 0. The number of carbonyl (C=O) groups excluding carboxylic acids is 2. The number of unbranched alkanes of at least 4 members (excludes halogenated alkanes) is 9. The zero-order valence-electron chi connectivity index (χ0n) is 15.1. The molecule has 0 spiro atoms. The highest BCUT2D eigenvalue weighted by atomic mass is 16.6. The molecule has 1 unspecified atom stereocenters. The second kappa shape index (κ2) is 11.5. The minimum atomic E-state index is -0.404. The Kier molecular flexibility index (Phi) is 9.97. The van der Waals surface area contributed by atoms with Crippen molar-refractivity contribution in [3.8, 4) is 0 Å². The first-order valence-corrected chi connectivity index (χ1v) is 9.44. The number of hydrogen-bond acceptors (Lipinski definition) is 4. The lowest BCUT2D eigenvalue weighted by Gasteiger charge is -2.18. The zero-order valence-corrected chi connectivity index (χ0v) is 15.1. The Morgan fingerprint density at radius 3 is 2.04 bits per heavy atom. The molecule has 4 nitrogen and oxygen atoms in total. The molecule has 1 rings (SSSR count). The van der Waals surface area contributed by atoms with Crippen molar-refractivity contribution in [3.05, 3.63) is 0 Å². The van der Waals surface area contributed by atoms with Crippen molar-refractivity contribution in [2.24, 2.45) is 5.92 Å². The first-order chi connectivity index (χ1) is 11.1. The van der Waals surface area contributed by atoms with Gasteiger partial charge in [0, 0.05) is 6.92 Å². The zero-order chi connectivity index (χ0) is 17.1. The molecular formula is C19H34O4. The number of esters is 2. The van der Waals surface area contributed by atoms with Crippen LogP contribution in [0.5, 0.6) is 0 Å². The average Bonchev–Trinajstić information content (AvgIpc) is 2.75. The molecule has 1 aliphatic heterocycles. The molecule has 0 aromatic carbocycles. The van der Waals surface area contributed by atoms with Gasteiger partial charge in [0.1, 0.15) is 6.10 Å². The van der Waals surface area contributed by atoms with Gasteiger partial charge in [-0.3, -0.25) is 9.59 Å². The van der Waals surface area contributed by atoms with E-state index in [1.807, 2.05) is 0 Å². The van der Waals surface area contributed by atoms with Gasteiger partial charge in [0.25, 0.3) is 0 Å². The molecule has 4 heteroatoms. The van der Waals surface area contributed by atoms with E-state index < -0.39 is 6.10 Å². The van der Waals surface area contributed by atoms with Crippen molar-refractivity contribution in [2.45, 2.75) is 104 Å². The van der Waals surface area contributed by atoms with Crippen molar-refractivity contribution in [1.82, 2.24) is 0 Å². The lowest BCUT2D eigenvalue weighted by atomic mass is 9.94. The molecule has 23 heavy (non-hydrogen) atoms. The molecule has 1 aliphatic rings. The highest BCUT2D eigenvalue weighted by molar-refractivity contribution is 5.76. The largest absolute Gasteiger partial charge is 0.458 e. The molecule has 0 aliphatic carbocycles. The first-order valence-electron chi connectivity index (χ1n) is 9.44. The first kappa shape index (κ1) is 20.0. The molecule has 1 heterocycles. The summed E-state index contributed by atoms with van der Waals surface area (Å²) in [6.45, 7) is 5.42. The van der Waals surface area contributed by atoms with E-state index in [4.69, 9.17) is 9.47 Å². The normalized spacial score (nSPS) is 23.8. The van der Waals surface area contributed by atoms with Gasteiger partial charge in [0.05, 0.1) is 5.92 Å². The Labute approximate surface area is 141 Å². The van der Waals surface area contributed by atoms with Gasteiger partial charge in [-0.15, -0.1) is 0 Å². The van der Waals surface area contributed by atoms with Crippen LogP contribution in [0.25, 0.3) is 0 Å². The third kappa shape index (κ3) is 7.85. The summed E-state index contributed by atoms with van der Waals surface area (Å²) >= 11 is 0. The summed E-state index contributed by atoms with van der Waals surface area (Å²) in [5.41, 5.74) is 0. The van der Waals surface area contributed by atoms with Crippen LogP contribution in [0.3, 0.4) is 0 Å². The Morgan fingerprint density at radius 1 is 1.00 bits per heavy atom. The Bertz CT molecular complexity index is 353. The van der Waals surface area contributed by atoms with Crippen LogP contribution >= 0.6 is 0 Å². The molecule has 0 radical (unpaired) electrons. The topological polar surface area (TPSA) is 52.6 Å². The Morgan fingerprint density at radius 2 is 1.52 bits per heavy atom. The van der Waals surface area contributed by atoms with Crippen molar-refractivity contribution in [3.63, 3.8) is 0 Å². The van der Waals surface area contributed by atoms with Gasteiger partial charge in [-0.1, -0.05) is 71.1 Å². The maximum atomic E-state index is 11.9. The summed E-state index contributed by atoms with van der Waals surface area (Å²) < 4.78 is 10.5. The SMILES string of the molecule is CCCCCCCCCCCCC1C(=O)O[C@@H](C)[C@@H]1OC(C)=O. The van der Waals surface area contributed by atoms with E-state index in [1.165, 1.54) is 58.3 Å². The third-order valence-corrected chi connectivity index (χ3v) is 4.63.